The second kappa shape index (κ2) is 3.23. The Labute approximate surface area is 73.0 Å². The minimum Gasteiger partial charge on any atom is -0.307 e. The predicted octanol–water partition coefficient (Wildman–Crippen LogP) is 1.89. The highest BCUT2D eigenvalue weighted by Crippen LogP contribution is 2.23. The lowest BCUT2D eigenvalue weighted by molar-refractivity contribution is 0.570. The molecule has 1 aliphatic carbocycles. The predicted molar refractivity (Wildman–Crippen MR) is 48.8 cm³/mol. The molecule has 0 bridgehead atoms. The van der Waals surface area contributed by atoms with Gasteiger partial charge in [0.2, 0.25) is 0 Å². The van der Waals surface area contributed by atoms with Crippen LogP contribution in [-0.4, -0.2) is 11.0 Å². The number of aromatic nitrogens is 1. The molecule has 0 unspecified atom stereocenters. The number of nitrogens with zero attached hydrogens (tertiary/aromatic N) is 1. The highest BCUT2D eigenvalue weighted by Gasteiger charge is 2.22. The Kier molecular flexibility index (Phi) is 2.09. The van der Waals surface area contributed by atoms with Crippen LogP contribution in [-0.2, 0) is 0 Å². The summed E-state index contributed by atoms with van der Waals surface area (Å²) in [5.41, 5.74) is 1.33. The normalized spacial score (nSPS) is 19.1. The molecule has 1 aromatic heterocycles. The van der Waals surface area contributed by atoms with Gasteiger partial charge in [0.1, 0.15) is 0 Å². The molecule has 1 N–H and O–H groups in total. The van der Waals surface area contributed by atoms with Crippen LogP contribution in [0.3, 0.4) is 0 Å². The Bertz CT molecular complexity index is 241. The van der Waals surface area contributed by atoms with E-state index in [2.05, 4.69) is 29.4 Å². The van der Waals surface area contributed by atoms with E-state index in [1.165, 1.54) is 18.4 Å². The van der Waals surface area contributed by atoms with Gasteiger partial charge in [0.25, 0.3) is 0 Å². The zero-order chi connectivity index (χ0) is 8.39. The smallest absolute Gasteiger partial charge is 0.0295 e. The van der Waals surface area contributed by atoms with Gasteiger partial charge in [-0.2, -0.15) is 0 Å². The first-order chi connectivity index (χ1) is 5.86. The summed E-state index contributed by atoms with van der Waals surface area (Å²) in [4.78, 5) is 3.99. The van der Waals surface area contributed by atoms with E-state index in [9.17, 15) is 0 Å². The first kappa shape index (κ1) is 7.74. The highest BCUT2D eigenvalue weighted by molar-refractivity contribution is 5.14. The maximum Gasteiger partial charge on any atom is 0.0295 e. The van der Waals surface area contributed by atoms with E-state index >= 15 is 0 Å². The monoisotopic (exact) mass is 162 g/mol. The largest absolute Gasteiger partial charge is 0.307 e. The molecule has 0 saturated heterocycles. The number of pyridine rings is 1. The van der Waals surface area contributed by atoms with Crippen molar-refractivity contribution >= 4 is 0 Å². The van der Waals surface area contributed by atoms with Crippen molar-refractivity contribution in [1.82, 2.24) is 10.3 Å². The van der Waals surface area contributed by atoms with Gasteiger partial charge in [0.15, 0.2) is 0 Å². The van der Waals surface area contributed by atoms with E-state index in [0.29, 0.717) is 6.04 Å². The molecular weight excluding hydrogens is 148 g/mol. The van der Waals surface area contributed by atoms with Crippen LogP contribution >= 0.6 is 0 Å². The zero-order valence-corrected chi connectivity index (χ0v) is 7.33. The van der Waals surface area contributed by atoms with E-state index in [1.54, 1.807) is 0 Å². The van der Waals surface area contributed by atoms with Gasteiger partial charge in [-0.05, 0) is 37.5 Å². The van der Waals surface area contributed by atoms with E-state index in [0.717, 1.165) is 6.04 Å². The number of nitrogens with one attached hydrogen (secondary N) is 1. The summed E-state index contributed by atoms with van der Waals surface area (Å²) < 4.78 is 0. The summed E-state index contributed by atoms with van der Waals surface area (Å²) in [6, 6.07) is 5.38. The molecule has 2 rings (SSSR count). The first-order valence-electron chi connectivity index (χ1n) is 4.52. The molecular formula is C10H14N2. The van der Waals surface area contributed by atoms with Gasteiger partial charge >= 0.3 is 0 Å². The van der Waals surface area contributed by atoms with Gasteiger partial charge in [-0.1, -0.05) is 0 Å². The van der Waals surface area contributed by atoms with Crippen molar-refractivity contribution in [2.75, 3.05) is 0 Å². The molecule has 0 aliphatic heterocycles. The molecule has 1 aromatic rings. The molecule has 12 heavy (non-hydrogen) atoms. The molecule has 0 radical (unpaired) electrons. The van der Waals surface area contributed by atoms with Crippen LogP contribution < -0.4 is 5.32 Å². The molecule has 0 spiro atoms. The third-order valence-electron chi connectivity index (χ3n) is 2.27. The van der Waals surface area contributed by atoms with Gasteiger partial charge in [0, 0.05) is 24.5 Å². The molecule has 1 heterocycles. The summed E-state index contributed by atoms with van der Waals surface area (Å²) in [5.74, 6) is 0. The lowest BCUT2D eigenvalue weighted by Gasteiger charge is -2.12. The minimum absolute atomic E-state index is 0.473. The third-order valence-corrected chi connectivity index (χ3v) is 2.27. The van der Waals surface area contributed by atoms with Crippen molar-refractivity contribution in [3.63, 3.8) is 0 Å². The molecule has 1 atom stereocenters. The second-order valence-corrected chi connectivity index (χ2v) is 3.44. The standard InChI is InChI=1S/C10H14N2/c1-8(12-10-2-3-10)9-4-6-11-7-5-9/h4-8,10,12H,2-3H2,1H3/t8-/m0/s1. The minimum atomic E-state index is 0.473. The fourth-order valence-electron chi connectivity index (χ4n) is 1.35. The van der Waals surface area contributed by atoms with Crippen molar-refractivity contribution in [3.8, 4) is 0 Å². The van der Waals surface area contributed by atoms with Crippen LogP contribution in [0.1, 0.15) is 31.4 Å². The lowest BCUT2D eigenvalue weighted by Crippen LogP contribution is -2.20. The van der Waals surface area contributed by atoms with Gasteiger partial charge in [-0.25, -0.2) is 0 Å². The topological polar surface area (TPSA) is 24.9 Å². The van der Waals surface area contributed by atoms with Crippen molar-refractivity contribution in [2.45, 2.75) is 31.8 Å². The van der Waals surface area contributed by atoms with Crippen LogP contribution in [0.15, 0.2) is 24.5 Å². The Balaban J connectivity index is 1.98. The zero-order valence-electron chi connectivity index (χ0n) is 7.33. The van der Waals surface area contributed by atoms with Crippen molar-refractivity contribution in [3.05, 3.63) is 30.1 Å². The average molecular weight is 162 g/mol. The molecule has 64 valence electrons. The number of rotatable bonds is 3. The maximum absolute atomic E-state index is 3.99. The maximum atomic E-state index is 3.99. The van der Waals surface area contributed by atoms with Crippen LogP contribution in [0.2, 0.25) is 0 Å². The van der Waals surface area contributed by atoms with Crippen LogP contribution in [0.4, 0.5) is 0 Å². The quantitative estimate of drug-likeness (QED) is 0.734. The molecule has 0 aromatic carbocycles. The fraction of sp³-hybridized carbons (Fsp3) is 0.500. The Morgan fingerprint density at radius 2 is 2.08 bits per heavy atom. The summed E-state index contributed by atoms with van der Waals surface area (Å²) in [6.07, 6.45) is 6.38. The van der Waals surface area contributed by atoms with Crippen LogP contribution in [0, 0.1) is 0 Å². The Hall–Kier alpha value is -0.890. The van der Waals surface area contributed by atoms with Crippen molar-refractivity contribution in [1.29, 1.82) is 0 Å². The second-order valence-electron chi connectivity index (χ2n) is 3.44. The molecule has 1 saturated carbocycles. The van der Waals surface area contributed by atoms with Gasteiger partial charge in [-0.15, -0.1) is 0 Å². The fourth-order valence-corrected chi connectivity index (χ4v) is 1.35. The molecule has 1 fully saturated rings. The van der Waals surface area contributed by atoms with Crippen LogP contribution in [0.25, 0.3) is 0 Å². The van der Waals surface area contributed by atoms with Gasteiger partial charge in [-0.3, -0.25) is 4.98 Å². The van der Waals surface area contributed by atoms with E-state index < -0.39 is 0 Å². The van der Waals surface area contributed by atoms with Gasteiger partial charge in [0.05, 0.1) is 0 Å². The highest BCUT2D eigenvalue weighted by atomic mass is 15.0. The van der Waals surface area contributed by atoms with Crippen molar-refractivity contribution < 1.29 is 0 Å². The first-order valence-corrected chi connectivity index (χ1v) is 4.52. The summed E-state index contributed by atoms with van der Waals surface area (Å²) in [5, 5.41) is 3.54. The summed E-state index contributed by atoms with van der Waals surface area (Å²) in [7, 11) is 0. The summed E-state index contributed by atoms with van der Waals surface area (Å²) in [6.45, 7) is 2.20. The summed E-state index contributed by atoms with van der Waals surface area (Å²) >= 11 is 0. The van der Waals surface area contributed by atoms with E-state index in [1.807, 2.05) is 12.4 Å². The van der Waals surface area contributed by atoms with E-state index in [-0.39, 0.29) is 0 Å². The number of hydrogen-bond donors (Lipinski definition) is 1. The van der Waals surface area contributed by atoms with Gasteiger partial charge < -0.3 is 5.32 Å². The van der Waals surface area contributed by atoms with Crippen molar-refractivity contribution in [2.24, 2.45) is 0 Å². The average Bonchev–Trinajstić information content (AvgIpc) is 2.90. The lowest BCUT2D eigenvalue weighted by atomic mass is 10.1. The molecule has 2 nitrogen and oxygen atoms in total. The number of hydrogen-bond acceptors (Lipinski definition) is 2. The Morgan fingerprint density at radius 1 is 1.42 bits per heavy atom. The Morgan fingerprint density at radius 3 is 2.67 bits per heavy atom. The van der Waals surface area contributed by atoms with E-state index in [4.69, 9.17) is 0 Å². The van der Waals surface area contributed by atoms with Crippen LogP contribution in [0.5, 0.6) is 0 Å². The molecule has 2 heteroatoms. The molecule has 1 aliphatic rings. The SMILES string of the molecule is C[C@H](NC1CC1)c1ccncc1. The third kappa shape index (κ3) is 1.83. The molecule has 0 amide bonds.